The molecular weight excluding hydrogens is 538 g/mol. The van der Waals surface area contributed by atoms with Crippen molar-refractivity contribution < 1.29 is 19.1 Å². The van der Waals surface area contributed by atoms with Gasteiger partial charge in [-0.2, -0.15) is 0 Å². The summed E-state index contributed by atoms with van der Waals surface area (Å²) in [6, 6.07) is 9.23. The lowest BCUT2D eigenvalue weighted by Crippen LogP contribution is -2.37. The maximum atomic E-state index is 13.9. The zero-order chi connectivity index (χ0) is 29.4. The van der Waals surface area contributed by atoms with E-state index in [1.165, 1.54) is 18.3 Å². The lowest BCUT2D eigenvalue weighted by molar-refractivity contribution is -0.114. The Morgan fingerprint density at radius 1 is 1.17 bits per heavy atom. The zero-order valence-electron chi connectivity index (χ0n) is 24.0. The number of aromatic nitrogens is 3. The summed E-state index contributed by atoms with van der Waals surface area (Å²) >= 11 is 1.42. The second-order valence-electron chi connectivity index (χ2n) is 11.0. The van der Waals surface area contributed by atoms with Crippen molar-refractivity contribution in [2.24, 2.45) is 17.8 Å². The van der Waals surface area contributed by atoms with Gasteiger partial charge in [-0.15, -0.1) is 5.10 Å². The van der Waals surface area contributed by atoms with Crippen LogP contribution in [0.15, 0.2) is 30.3 Å². The number of fused-ring (bicyclic) bond motifs is 1. The first-order valence-electron chi connectivity index (χ1n) is 13.6. The highest BCUT2D eigenvalue weighted by Crippen LogP contribution is 2.36. The van der Waals surface area contributed by atoms with E-state index in [0.717, 1.165) is 28.3 Å². The molecule has 212 valence electrons. The van der Waals surface area contributed by atoms with Crippen LogP contribution in [0.4, 0.5) is 11.4 Å². The Morgan fingerprint density at radius 2 is 1.90 bits per heavy atom. The van der Waals surface area contributed by atoms with E-state index in [-0.39, 0.29) is 40.7 Å². The average molecular weight is 572 g/mol. The summed E-state index contributed by atoms with van der Waals surface area (Å²) in [6.07, 6.45) is 3.52. The monoisotopic (exact) mass is 571 g/mol. The van der Waals surface area contributed by atoms with E-state index in [2.05, 4.69) is 30.9 Å². The number of carbonyl (C=O) groups is 2. The summed E-state index contributed by atoms with van der Waals surface area (Å²) < 4.78 is 13.0. The summed E-state index contributed by atoms with van der Waals surface area (Å²) in [7, 11) is 1.60. The summed E-state index contributed by atoms with van der Waals surface area (Å²) in [5.41, 5.74) is 2.74. The first kappa shape index (κ1) is 28.3. The second kappa shape index (κ2) is 11.3. The molecule has 0 spiro atoms. The normalized spacial score (nSPS) is 21.0. The summed E-state index contributed by atoms with van der Waals surface area (Å²) in [6.45, 7) is 17.9. The average Bonchev–Trinajstić information content (AvgIpc) is 3.61. The third-order valence-electron chi connectivity index (χ3n) is 7.65. The number of esters is 1. The molecule has 1 aliphatic rings. The summed E-state index contributed by atoms with van der Waals surface area (Å²) in [5, 5.41) is 8.73. The molecule has 0 saturated heterocycles. The Balaban J connectivity index is 1.68. The third kappa shape index (κ3) is 5.55. The van der Waals surface area contributed by atoms with Crippen LogP contribution >= 0.6 is 11.3 Å². The van der Waals surface area contributed by atoms with Gasteiger partial charge in [0.05, 0.1) is 19.0 Å². The number of rotatable bonds is 6. The lowest BCUT2D eigenvalue weighted by atomic mass is 9.75. The number of hydrogen-bond acceptors (Lipinski definition) is 7. The first-order chi connectivity index (χ1) is 19.6. The topological polar surface area (TPSA) is 99.2 Å². The Labute approximate surface area is 243 Å². The van der Waals surface area contributed by atoms with Gasteiger partial charge in [0.2, 0.25) is 11.6 Å². The highest BCUT2D eigenvalue weighted by molar-refractivity contribution is 7.14. The zero-order valence-corrected chi connectivity index (χ0v) is 24.8. The molecule has 0 bridgehead atoms. The minimum absolute atomic E-state index is 0.113. The van der Waals surface area contributed by atoms with Crippen LogP contribution in [0.1, 0.15) is 61.3 Å². The van der Waals surface area contributed by atoms with Gasteiger partial charge >= 0.3 is 5.97 Å². The number of nitrogens with one attached hydrogen (secondary N) is 1. The van der Waals surface area contributed by atoms with Crippen LogP contribution in [0, 0.1) is 31.2 Å². The Kier molecular flexibility index (Phi) is 7.82. The molecule has 9 nitrogen and oxygen atoms in total. The van der Waals surface area contributed by atoms with Gasteiger partial charge in [-0.1, -0.05) is 38.2 Å². The maximum absolute atomic E-state index is 13.9. The molecule has 1 aliphatic carbocycles. The minimum Gasteiger partial charge on any atom is -0.487 e. The first-order valence-corrected chi connectivity index (χ1v) is 14.5. The lowest BCUT2D eigenvalue weighted by Gasteiger charge is -2.37. The van der Waals surface area contributed by atoms with Gasteiger partial charge in [-0.05, 0) is 73.4 Å². The van der Waals surface area contributed by atoms with Crippen molar-refractivity contribution in [3.8, 4) is 16.5 Å². The smallest absolute Gasteiger partial charge is 0.331 e. The van der Waals surface area contributed by atoms with Gasteiger partial charge < -0.3 is 14.8 Å². The fourth-order valence-corrected chi connectivity index (χ4v) is 6.69. The fraction of sp³-hybridized carbons (Fsp3) is 0.387. The molecule has 4 aromatic rings. The molecule has 2 atom stereocenters. The number of anilines is 1. The third-order valence-corrected chi connectivity index (χ3v) is 8.64. The van der Waals surface area contributed by atoms with Crippen LogP contribution in [-0.2, 0) is 9.53 Å². The van der Waals surface area contributed by atoms with Crippen LogP contribution in [0.3, 0.4) is 0 Å². The predicted octanol–water partition coefficient (Wildman–Crippen LogP) is 6.06. The highest BCUT2D eigenvalue weighted by atomic mass is 32.1. The summed E-state index contributed by atoms with van der Waals surface area (Å²) in [4.78, 5) is 34.9. The molecule has 41 heavy (non-hydrogen) atoms. The highest BCUT2D eigenvalue weighted by Gasteiger charge is 2.36. The van der Waals surface area contributed by atoms with Crippen molar-refractivity contribution in [3.05, 3.63) is 63.1 Å². The summed E-state index contributed by atoms with van der Waals surface area (Å²) in [5.74, 6) is 0.604. The fourth-order valence-electron chi connectivity index (χ4n) is 5.93. The number of aryl methyl sites for hydroxylation is 1. The number of ether oxygens (including phenoxy) is 2. The van der Waals surface area contributed by atoms with Gasteiger partial charge in [0, 0.05) is 23.1 Å². The molecule has 2 unspecified atom stereocenters. The van der Waals surface area contributed by atoms with Crippen molar-refractivity contribution in [2.45, 2.75) is 53.6 Å². The number of benzene rings is 1. The van der Waals surface area contributed by atoms with E-state index < -0.39 is 5.97 Å². The molecule has 10 heteroatoms. The minimum atomic E-state index is -0.565. The van der Waals surface area contributed by atoms with Gasteiger partial charge in [-0.3, -0.25) is 4.79 Å². The van der Waals surface area contributed by atoms with Crippen molar-refractivity contribution in [1.29, 1.82) is 0 Å². The van der Waals surface area contributed by atoms with Crippen LogP contribution < -0.4 is 15.4 Å². The van der Waals surface area contributed by atoms with Crippen LogP contribution in [-0.4, -0.2) is 39.7 Å². The van der Waals surface area contributed by atoms with E-state index >= 15 is 0 Å². The van der Waals surface area contributed by atoms with Gasteiger partial charge in [0.1, 0.15) is 11.7 Å². The van der Waals surface area contributed by atoms with Crippen molar-refractivity contribution in [2.75, 3.05) is 12.4 Å². The molecule has 3 heterocycles. The number of nitrogens with zero attached hydrogens (tertiary/aromatic N) is 4. The molecule has 1 saturated carbocycles. The molecule has 1 amide bonds. The van der Waals surface area contributed by atoms with E-state index in [0.29, 0.717) is 28.3 Å². The van der Waals surface area contributed by atoms with Crippen LogP contribution in [0.25, 0.3) is 28.0 Å². The quantitative estimate of drug-likeness (QED) is 0.223. The van der Waals surface area contributed by atoms with Gasteiger partial charge in [-0.25, -0.2) is 19.1 Å². The van der Waals surface area contributed by atoms with Crippen LogP contribution in [0.2, 0.25) is 0 Å². The largest absolute Gasteiger partial charge is 0.487 e. The molecule has 1 fully saturated rings. The Hall–Kier alpha value is -4.23. The molecule has 0 radical (unpaired) electrons. The van der Waals surface area contributed by atoms with E-state index in [4.69, 9.17) is 26.1 Å². The van der Waals surface area contributed by atoms with Crippen LogP contribution in [0.5, 0.6) is 5.06 Å². The van der Waals surface area contributed by atoms with Gasteiger partial charge in [0.15, 0.2) is 16.5 Å². The predicted molar refractivity (Wildman–Crippen MR) is 159 cm³/mol. The van der Waals surface area contributed by atoms with Crippen molar-refractivity contribution in [3.63, 3.8) is 0 Å². The van der Waals surface area contributed by atoms with E-state index in [1.54, 1.807) is 17.7 Å². The Bertz CT molecular complexity index is 1720. The van der Waals surface area contributed by atoms with Crippen molar-refractivity contribution in [1.82, 2.24) is 14.6 Å². The van der Waals surface area contributed by atoms with E-state index in [1.807, 2.05) is 37.3 Å². The standard InChI is InChI=1S/C31H33N5O4S/c1-16-12-18(3)28(19(4)13-16)40-31(38)26-27(32-6)24(15-22-10-11-25(39-7)41-22)36-30(26)34-29(35-36)23-14-21(33-20(5)37)9-8-17(23)2/h8-11,14-16,18-19,28H,12-13H2,1-5,7H3,(H,33,37)/b24-15+. The number of methoxy groups -OCH3 is 1. The molecule has 1 N–H and O–H groups in total. The second-order valence-corrected chi connectivity index (χ2v) is 12.1. The molecule has 3 aromatic heterocycles. The number of carbonyl (C=O) groups excluding carboxylic acids is 2. The SMILES string of the molecule is [C-]#[N+]c1c(C(=O)OC2C(C)CC(C)CC2C)c2nc(-c3cc(NC(C)=O)ccc3C)nn2/c1=C/c1ccc(OC)s1. The van der Waals surface area contributed by atoms with Gasteiger partial charge in [0.25, 0.3) is 0 Å². The molecule has 1 aromatic carbocycles. The number of hydrogen-bond donors (Lipinski definition) is 1. The van der Waals surface area contributed by atoms with Crippen molar-refractivity contribution >= 4 is 46.3 Å². The number of amides is 1. The molecule has 0 aliphatic heterocycles. The molecule has 5 rings (SSSR count). The Morgan fingerprint density at radius 3 is 2.54 bits per heavy atom. The van der Waals surface area contributed by atoms with E-state index in [9.17, 15) is 9.59 Å². The maximum Gasteiger partial charge on any atom is 0.331 e. The number of thiophene rings is 1. The molecular formula is C31H33N5O4S.